The van der Waals surface area contributed by atoms with E-state index in [1.807, 2.05) is 31.2 Å². The molecule has 100 valence electrons. The minimum absolute atomic E-state index is 0.467. The highest BCUT2D eigenvalue weighted by atomic mass is 79.9. The van der Waals surface area contributed by atoms with E-state index in [2.05, 4.69) is 26.2 Å². The largest absolute Gasteiger partial charge is 0.480 e. The van der Waals surface area contributed by atoms with Crippen LogP contribution >= 0.6 is 15.9 Å². The predicted molar refractivity (Wildman–Crippen MR) is 79.4 cm³/mol. The van der Waals surface area contributed by atoms with Crippen molar-refractivity contribution in [2.75, 3.05) is 5.32 Å². The Morgan fingerprint density at radius 3 is 2.79 bits per heavy atom. The van der Waals surface area contributed by atoms with Crippen molar-refractivity contribution in [3.63, 3.8) is 0 Å². The molecule has 1 aromatic heterocycles. The van der Waals surface area contributed by atoms with Gasteiger partial charge in [0.05, 0.1) is 0 Å². The Hall–Kier alpha value is -1.62. The molecule has 0 aliphatic carbocycles. The van der Waals surface area contributed by atoms with Gasteiger partial charge in [-0.05, 0) is 25.5 Å². The molecular weight excluding hydrogens is 308 g/mol. The van der Waals surface area contributed by atoms with Gasteiger partial charge in [0, 0.05) is 21.4 Å². The van der Waals surface area contributed by atoms with Gasteiger partial charge in [0.2, 0.25) is 0 Å². The lowest BCUT2D eigenvalue weighted by Gasteiger charge is -2.26. The molecule has 0 aliphatic rings. The monoisotopic (exact) mass is 322 g/mol. The van der Waals surface area contributed by atoms with Gasteiger partial charge >= 0.3 is 5.97 Å². The van der Waals surface area contributed by atoms with Crippen LogP contribution in [0.3, 0.4) is 0 Å². The molecule has 0 amide bonds. The van der Waals surface area contributed by atoms with Gasteiger partial charge in [-0.2, -0.15) is 0 Å². The van der Waals surface area contributed by atoms with Crippen molar-refractivity contribution >= 4 is 38.5 Å². The van der Waals surface area contributed by atoms with Crippen LogP contribution in [0.4, 0.5) is 5.82 Å². The Kier molecular flexibility index (Phi) is 3.75. The molecule has 0 bridgehead atoms. The highest BCUT2D eigenvalue weighted by molar-refractivity contribution is 9.10. The van der Waals surface area contributed by atoms with Gasteiger partial charge in [-0.1, -0.05) is 35.0 Å². The molecular formula is C14H15BrN2O2. The maximum absolute atomic E-state index is 11.4. The van der Waals surface area contributed by atoms with Crippen molar-refractivity contribution in [2.45, 2.75) is 25.8 Å². The summed E-state index contributed by atoms with van der Waals surface area (Å²) in [7, 11) is 0. The number of hydrogen-bond acceptors (Lipinski definition) is 3. The van der Waals surface area contributed by atoms with Crippen molar-refractivity contribution in [3.05, 3.63) is 34.9 Å². The molecule has 1 unspecified atom stereocenters. The van der Waals surface area contributed by atoms with Gasteiger partial charge in [0.1, 0.15) is 11.4 Å². The molecule has 1 atom stereocenters. The van der Waals surface area contributed by atoms with E-state index in [4.69, 9.17) is 0 Å². The van der Waals surface area contributed by atoms with Crippen LogP contribution in [0.15, 0.2) is 34.9 Å². The van der Waals surface area contributed by atoms with Gasteiger partial charge in [-0.15, -0.1) is 0 Å². The number of halogens is 1. The van der Waals surface area contributed by atoms with E-state index in [-0.39, 0.29) is 0 Å². The second-order valence-electron chi connectivity index (χ2n) is 4.61. The molecule has 0 saturated carbocycles. The fourth-order valence-electron chi connectivity index (χ4n) is 1.82. The smallest absolute Gasteiger partial charge is 0.329 e. The predicted octanol–water partition coefficient (Wildman–Crippen LogP) is 3.66. The average Bonchev–Trinajstić information content (AvgIpc) is 2.39. The number of nitrogens with one attached hydrogen (secondary N) is 1. The second-order valence-corrected chi connectivity index (χ2v) is 5.46. The van der Waals surface area contributed by atoms with Gasteiger partial charge in [0.15, 0.2) is 0 Å². The van der Waals surface area contributed by atoms with Crippen LogP contribution in [0.2, 0.25) is 0 Å². The number of aromatic nitrogens is 1. The van der Waals surface area contributed by atoms with E-state index >= 15 is 0 Å². The fraction of sp³-hybridized carbons (Fsp3) is 0.286. The molecule has 5 heteroatoms. The number of benzene rings is 1. The number of nitrogens with zero attached hydrogens (tertiary/aromatic N) is 1. The summed E-state index contributed by atoms with van der Waals surface area (Å²) >= 11 is 3.48. The molecule has 1 aromatic carbocycles. The van der Waals surface area contributed by atoms with E-state index in [1.165, 1.54) is 0 Å². The molecule has 2 N–H and O–H groups in total. The van der Waals surface area contributed by atoms with Crippen molar-refractivity contribution < 1.29 is 9.90 Å². The molecule has 19 heavy (non-hydrogen) atoms. The SMILES string of the molecule is CCC(C)(Nc1nccc2c(Br)cccc12)C(=O)O. The minimum atomic E-state index is -1.02. The number of hydrogen-bond donors (Lipinski definition) is 2. The quantitative estimate of drug-likeness (QED) is 0.901. The lowest BCUT2D eigenvalue weighted by Crippen LogP contribution is -2.43. The number of carboxylic acids is 1. The number of fused-ring (bicyclic) bond motifs is 1. The standard InChI is InChI=1S/C14H15BrN2O2/c1-3-14(2,13(18)19)17-12-10-5-4-6-11(15)9(10)7-8-16-12/h4-8H,3H2,1-2H3,(H,16,17)(H,18,19). The molecule has 0 saturated heterocycles. The first-order chi connectivity index (χ1) is 8.98. The van der Waals surface area contributed by atoms with Crippen molar-refractivity contribution in [1.82, 2.24) is 4.98 Å². The Morgan fingerprint density at radius 1 is 1.42 bits per heavy atom. The van der Waals surface area contributed by atoms with Crippen molar-refractivity contribution in [3.8, 4) is 0 Å². The number of carbonyl (C=O) groups is 1. The van der Waals surface area contributed by atoms with Gasteiger partial charge in [-0.3, -0.25) is 0 Å². The highest BCUT2D eigenvalue weighted by Crippen LogP contribution is 2.29. The topological polar surface area (TPSA) is 62.2 Å². The number of aliphatic carboxylic acids is 1. The maximum Gasteiger partial charge on any atom is 0.329 e. The van der Waals surface area contributed by atoms with E-state index in [0.717, 1.165) is 15.2 Å². The van der Waals surface area contributed by atoms with Crippen LogP contribution in [-0.4, -0.2) is 21.6 Å². The van der Waals surface area contributed by atoms with Crippen LogP contribution in [0, 0.1) is 0 Å². The van der Waals surface area contributed by atoms with Crippen LogP contribution in [0.25, 0.3) is 10.8 Å². The summed E-state index contributed by atoms with van der Waals surface area (Å²) in [4.78, 5) is 15.6. The average molecular weight is 323 g/mol. The molecule has 0 fully saturated rings. The maximum atomic E-state index is 11.4. The van der Waals surface area contributed by atoms with E-state index < -0.39 is 11.5 Å². The Labute approximate surface area is 120 Å². The van der Waals surface area contributed by atoms with Gasteiger partial charge < -0.3 is 10.4 Å². The number of rotatable bonds is 4. The number of pyridine rings is 1. The molecule has 2 aromatic rings. The third-order valence-corrected chi connectivity index (χ3v) is 4.02. The van der Waals surface area contributed by atoms with E-state index in [0.29, 0.717) is 12.2 Å². The lowest BCUT2D eigenvalue weighted by molar-refractivity contribution is -0.141. The third kappa shape index (κ3) is 2.56. The Morgan fingerprint density at radius 2 is 2.16 bits per heavy atom. The Bertz CT molecular complexity index is 630. The van der Waals surface area contributed by atoms with Crippen molar-refractivity contribution in [1.29, 1.82) is 0 Å². The van der Waals surface area contributed by atoms with E-state index in [1.54, 1.807) is 13.1 Å². The first-order valence-electron chi connectivity index (χ1n) is 6.03. The normalized spacial score (nSPS) is 14.1. The van der Waals surface area contributed by atoms with Gasteiger partial charge in [0.25, 0.3) is 0 Å². The minimum Gasteiger partial charge on any atom is -0.480 e. The summed E-state index contributed by atoms with van der Waals surface area (Å²) in [5, 5.41) is 14.3. The molecule has 4 nitrogen and oxygen atoms in total. The van der Waals surface area contributed by atoms with Crippen LogP contribution in [0.1, 0.15) is 20.3 Å². The summed E-state index contributed by atoms with van der Waals surface area (Å²) < 4.78 is 0.962. The fourth-order valence-corrected chi connectivity index (χ4v) is 2.32. The summed E-state index contributed by atoms with van der Waals surface area (Å²) in [5.41, 5.74) is -1.02. The molecule has 0 aliphatic heterocycles. The molecule has 0 radical (unpaired) electrons. The summed E-state index contributed by atoms with van der Waals surface area (Å²) in [6, 6.07) is 7.67. The Balaban J connectivity index is 2.52. The zero-order chi connectivity index (χ0) is 14.0. The van der Waals surface area contributed by atoms with Gasteiger partial charge in [-0.25, -0.2) is 9.78 Å². The first-order valence-corrected chi connectivity index (χ1v) is 6.82. The number of carboxylic acid groups (broad SMARTS) is 1. The number of anilines is 1. The first kappa shape index (κ1) is 13.8. The van der Waals surface area contributed by atoms with Crippen molar-refractivity contribution in [2.24, 2.45) is 0 Å². The summed E-state index contributed by atoms with van der Waals surface area (Å²) in [6.45, 7) is 3.50. The molecule has 0 spiro atoms. The van der Waals surface area contributed by atoms with Crippen LogP contribution < -0.4 is 5.32 Å². The van der Waals surface area contributed by atoms with E-state index in [9.17, 15) is 9.90 Å². The van der Waals surface area contributed by atoms with Crippen LogP contribution in [0.5, 0.6) is 0 Å². The highest BCUT2D eigenvalue weighted by Gasteiger charge is 2.31. The second kappa shape index (κ2) is 5.17. The zero-order valence-electron chi connectivity index (χ0n) is 10.8. The van der Waals surface area contributed by atoms with Crippen LogP contribution in [-0.2, 0) is 4.79 Å². The molecule has 1 heterocycles. The lowest BCUT2D eigenvalue weighted by atomic mass is 9.99. The zero-order valence-corrected chi connectivity index (χ0v) is 12.4. The summed E-state index contributed by atoms with van der Waals surface area (Å²) in [5.74, 6) is -0.297. The summed E-state index contributed by atoms with van der Waals surface area (Å²) in [6.07, 6.45) is 2.14. The molecule has 2 rings (SSSR count). The third-order valence-electron chi connectivity index (χ3n) is 3.33.